The number of halogens is 1. The van der Waals surface area contributed by atoms with E-state index >= 15 is 0 Å². The van der Waals surface area contributed by atoms with E-state index in [0.29, 0.717) is 11.3 Å². The Morgan fingerprint density at radius 2 is 2.05 bits per heavy atom. The first kappa shape index (κ1) is 17.2. The van der Waals surface area contributed by atoms with Crippen molar-refractivity contribution in [3.63, 3.8) is 0 Å². The zero-order valence-corrected chi connectivity index (χ0v) is 12.9. The van der Waals surface area contributed by atoms with Gasteiger partial charge in [0.25, 0.3) is 0 Å². The van der Waals surface area contributed by atoms with Crippen molar-refractivity contribution in [2.24, 2.45) is 0 Å². The fourth-order valence-corrected chi connectivity index (χ4v) is 1.93. The normalized spacial score (nSPS) is 12.1. The van der Waals surface area contributed by atoms with Crippen LogP contribution in [-0.4, -0.2) is 41.8 Å². The number of hydrogen-bond donors (Lipinski definition) is 2. The molecule has 0 spiro atoms. The second-order valence-corrected chi connectivity index (χ2v) is 5.25. The van der Waals surface area contributed by atoms with Crippen molar-refractivity contribution >= 4 is 6.03 Å². The van der Waals surface area contributed by atoms with E-state index in [1.54, 1.807) is 13.0 Å². The summed E-state index contributed by atoms with van der Waals surface area (Å²) in [6, 6.07) is 3.95. The first-order valence-electron chi connectivity index (χ1n) is 6.89. The third-order valence-corrected chi connectivity index (χ3v) is 2.96. The zero-order valence-electron chi connectivity index (χ0n) is 12.9. The summed E-state index contributed by atoms with van der Waals surface area (Å²) in [5, 5.41) is 12.1. The maximum absolute atomic E-state index is 13.4. The quantitative estimate of drug-likeness (QED) is 0.846. The number of methoxy groups -OCH3 is 1. The Morgan fingerprint density at radius 1 is 1.38 bits per heavy atom. The predicted octanol–water partition coefficient (Wildman–Crippen LogP) is 2.14. The molecular formula is C15H23FN2O3. The van der Waals surface area contributed by atoms with Crippen molar-refractivity contribution in [2.45, 2.75) is 39.5 Å². The van der Waals surface area contributed by atoms with Gasteiger partial charge < -0.3 is 20.1 Å². The average Bonchev–Trinajstić information content (AvgIpc) is 2.41. The van der Waals surface area contributed by atoms with Gasteiger partial charge in [0, 0.05) is 25.2 Å². The number of hydrogen-bond acceptors (Lipinski definition) is 3. The van der Waals surface area contributed by atoms with E-state index in [2.05, 4.69) is 5.32 Å². The molecule has 2 N–H and O–H groups in total. The van der Waals surface area contributed by atoms with Crippen molar-refractivity contribution in [2.75, 3.05) is 13.7 Å². The Balaban J connectivity index is 2.68. The highest BCUT2D eigenvalue weighted by Crippen LogP contribution is 2.15. The minimum absolute atomic E-state index is 0.0401. The molecule has 0 aliphatic carbocycles. The molecule has 0 fully saturated rings. The number of benzene rings is 1. The van der Waals surface area contributed by atoms with Gasteiger partial charge in [0.05, 0.1) is 13.2 Å². The van der Waals surface area contributed by atoms with Crippen molar-refractivity contribution in [1.29, 1.82) is 0 Å². The van der Waals surface area contributed by atoms with Crippen LogP contribution in [0.4, 0.5) is 9.18 Å². The molecule has 21 heavy (non-hydrogen) atoms. The first-order valence-corrected chi connectivity index (χ1v) is 6.89. The molecule has 0 aromatic heterocycles. The summed E-state index contributed by atoms with van der Waals surface area (Å²) in [4.78, 5) is 13.6. The molecule has 5 nitrogen and oxygen atoms in total. The molecule has 1 aromatic rings. The van der Waals surface area contributed by atoms with E-state index in [0.717, 1.165) is 0 Å². The van der Waals surface area contributed by atoms with E-state index in [1.165, 1.54) is 24.1 Å². The van der Waals surface area contributed by atoms with Crippen molar-refractivity contribution in [3.8, 4) is 5.75 Å². The van der Waals surface area contributed by atoms with Gasteiger partial charge in [-0.15, -0.1) is 0 Å². The van der Waals surface area contributed by atoms with Crippen LogP contribution in [0.3, 0.4) is 0 Å². The number of nitrogens with zero attached hydrogens (tertiary/aromatic N) is 1. The largest absolute Gasteiger partial charge is 0.497 e. The maximum atomic E-state index is 13.4. The van der Waals surface area contributed by atoms with Crippen LogP contribution in [0.1, 0.15) is 26.3 Å². The van der Waals surface area contributed by atoms with Crippen LogP contribution >= 0.6 is 0 Å². The van der Waals surface area contributed by atoms with Crippen LogP contribution in [0.5, 0.6) is 5.75 Å². The topological polar surface area (TPSA) is 61.8 Å². The fraction of sp³-hybridized carbons (Fsp3) is 0.533. The molecule has 0 aliphatic heterocycles. The minimum atomic E-state index is -0.604. The number of amides is 2. The van der Waals surface area contributed by atoms with Gasteiger partial charge in [-0.25, -0.2) is 9.18 Å². The Bertz CT molecular complexity index is 478. The van der Waals surface area contributed by atoms with Crippen molar-refractivity contribution in [3.05, 3.63) is 29.6 Å². The number of aliphatic hydroxyl groups is 1. The van der Waals surface area contributed by atoms with Gasteiger partial charge >= 0.3 is 6.03 Å². The number of carbonyl (C=O) groups excluding carboxylic acids is 1. The molecule has 1 rings (SSSR count). The molecule has 0 heterocycles. The predicted molar refractivity (Wildman–Crippen MR) is 78.7 cm³/mol. The smallest absolute Gasteiger partial charge is 0.317 e. The zero-order chi connectivity index (χ0) is 16.0. The molecule has 0 bridgehead atoms. The third-order valence-electron chi connectivity index (χ3n) is 2.96. The average molecular weight is 298 g/mol. The summed E-state index contributed by atoms with van der Waals surface area (Å²) in [7, 11) is 1.46. The Labute approximate surface area is 124 Å². The van der Waals surface area contributed by atoms with E-state index in [1.807, 2.05) is 13.8 Å². The van der Waals surface area contributed by atoms with Gasteiger partial charge in [-0.3, -0.25) is 0 Å². The fourth-order valence-electron chi connectivity index (χ4n) is 1.93. The highest BCUT2D eigenvalue weighted by Gasteiger charge is 2.18. The molecule has 0 radical (unpaired) electrons. The molecular weight excluding hydrogens is 275 g/mol. The van der Waals surface area contributed by atoms with Gasteiger partial charge in [0.2, 0.25) is 0 Å². The summed E-state index contributed by atoms with van der Waals surface area (Å²) < 4.78 is 18.3. The lowest BCUT2D eigenvalue weighted by Gasteiger charge is -2.28. The summed E-state index contributed by atoms with van der Waals surface area (Å²) in [5.74, 6) is -0.00719. The van der Waals surface area contributed by atoms with E-state index < -0.39 is 11.9 Å². The first-order chi connectivity index (χ1) is 9.83. The standard InChI is InChI=1S/C15H23FN2O3/c1-10(2)18(9-11(3)19)15(20)17-8-12-5-13(16)7-14(6-12)21-4/h5-7,10-11,19H,8-9H2,1-4H3,(H,17,20). The van der Waals surface area contributed by atoms with Gasteiger partial charge in [-0.1, -0.05) is 0 Å². The van der Waals surface area contributed by atoms with Crippen molar-refractivity contribution < 1.29 is 19.0 Å². The maximum Gasteiger partial charge on any atom is 0.317 e. The highest BCUT2D eigenvalue weighted by molar-refractivity contribution is 5.74. The molecule has 2 amide bonds. The second-order valence-electron chi connectivity index (χ2n) is 5.25. The second kappa shape index (κ2) is 7.83. The molecule has 1 atom stereocenters. The monoisotopic (exact) mass is 298 g/mol. The lowest BCUT2D eigenvalue weighted by molar-refractivity contribution is 0.118. The molecule has 118 valence electrons. The number of urea groups is 1. The van der Waals surface area contributed by atoms with Crippen LogP contribution in [-0.2, 0) is 6.54 Å². The van der Waals surface area contributed by atoms with Crippen LogP contribution in [0, 0.1) is 5.82 Å². The summed E-state index contributed by atoms with van der Waals surface area (Å²) >= 11 is 0. The molecule has 1 aromatic carbocycles. The number of carbonyl (C=O) groups is 1. The summed E-state index contributed by atoms with van der Waals surface area (Å²) in [6.45, 7) is 5.80. The third kappa shape index (κ3) is 5.59. The minimum Gasteiger partial charge on any atom is -0.497 e. The van der Waals surface area contributed by atoms with E-state index in [9.17, 15) is 14.3 Å². The van der Waals surface area contributed by atoms with Gasteiger partial charge in [0.1, 0.15) is 11.6 Å². The molecule has 0 saturated heterocycles. The van der Waals surface area contributed by atoms with Crippen LogP contribution in [0.2, 0.25) is 0 Å². The molecule has 6 heteroatoms. The van der Waals surface area contributed by atoms with E-state index in [-0.39, 0.29) is 25.2 Å². The van der Waals surface area contributed by atoms with Gasteiger partial charge in [0.15, 0.2) is 0 Å². The lowest BCUT2D eigenvalue weighted by atomic mass is 10.2. The Morgan fingerprint density at radius 3 is 2.57 bits per heavy atom. The highest BCUT2D eigenvalue weighted by atomic mass is 19.1. The van der Waals surface area contributed by atoms with Crippen LogP contribution < -0.4 is 10.1 Å². The Kier molecular flexibility index (Phi) is 6.42. The van der Waals surface area contributed by atoms with E-state index in [4.69, 9.17) is 4.74 Å². The SMILES string of the molecule is COc1cc(F)cc(CNC(=O)N(CC(C)O)C(C)C)c1. The van der Waals surface area contributed by atoms with Gasteiger partial charge in [-0.05, 0) is 38.5 Å². The number of nitrogens with one attached hydrogen (secondary N) is 1. The van der Waals surface area contributed by atoms with Crippen LogP contribution in [0.25, 0.3) is 0 Å². The molecule has 1 unspecified atom stereocenters. The lowest BCUT2D eigenvalue weighted by Crippen LogP contribution is -2.46. The van der Waals surface area contributed by atoms with Crippen LogP contribution in [0.15, 0.2) is 18.2 Å². The molecule has 0 aliphatic rings. The number of aliphatic hydroxyl groups excluding tert-OH is 1. The molecule has 0 saturated carbocycles. The van der Waals surface area contributed by atoms with Gasteiger partial charge in [-0.2, -0.15) is 0 Å². The van der Waals surface area contributed by atoms with Crippen molar-refractivity contribution in [1.82, 2.24) is 10.2 Å². The Hall–Kier alpha value is -1.82. The summed E-state index contributed by atoms with van der Waals surface area (Å²) in [5.41, 5.74) is 0.612. The number of rotatable bonds is 6. The summed E-state index contributed by atoms with van der Waals surface area (Å²) in [6.07, 6.45) is -0.604. The number of ether oxygens (including phenoxy) is 1.